The predicted octanol–water partition coefficient (Wildman–Crippen LogP) is 7.51. The first-order valence-corrected chi connectivity index (χ1v) is 12.1. The van der Waals surface area contributed by atoms with Crippen molar-refractivity contribution in [3.05, 3.63) is 0 Å². The minimum atomic E-state index is -0.530. The molecule has 0 aliphatic carbocycles. The van der Waals surface area contributed by atoms with Crippen molar-refractivity contribution in [2.24, 2.45) is 0 Å². The molecule has 160 valence electrons. The summed E-state index contributed by atoms with van der Waals surface area (Å²) in [6, 6.07) is 0. The van der Waals surface area contributed by atoms with Gasteiger partial charge in [0, 0.05) is 6.61 Å². The summed E-state index contributed by atoms with van der Waals surface area (Å²) in [4.78, 5) is 0. The molecule has 27 heavy (non-hydrogen) atoms. The second kappa shape index (κ2) is 26.9. The first kappa shape index (κ1) is 30.1. The Bertz CT molecular complexity index is 249. The summed E-state index contributed by atoms with van der Waals surface area (Å²) in [7, 11) is 0. The van der Waals surface area contributed by atoms with Gasteiger partial charge in [-0.05, 0) is 19.3 Å². The van der Waals surface area contributed by atoms with Gasteiger partial charge in [-0.1, -0.05) is 123 Å². The van der Waals surface area contributed by atoms with Gasteiger partial charge in [-0.25, -0.2) is 0 Å². The van der Waals surface area contributed by atoms with Gasteiger partial charge in [-0.2, -0.15) is 0 Å². The van der Waals surface area contributed by atoms with E-state index in [1.165, 1.54) is 109 Å². The van der Waals surface area contributed by atoms with Gasteiger partial charge in [0.05, 0.1) is 0 Å². The topological polar surface area (TPSA) is 29.5 Å². The van der Waals surface area contributed by atoms with Gasteiger partial charge in [-0.15, -0.1) is 0 Å². The zero-order valence-electron chi connectivity index (χ0n) is 18.3. The molecule has 0 aliphatic heterocycles. The molecular formula is C24H51NaO2. The quantitative estimate of drug-likeness (QED) is 0.117. The van der Waals surface area contributed by atoms with Crippen molar-refractivity contribution in [2.75, 3.05) is 6.61 Å². The second-order valence-electron chi connectivity index (χ2n) is 8.12. The second-order valence-corrected chi connectivity index (χ2v) is 8.12. The molecule has 0 rings (SSSR count). The van der Waals surface area contributed by atoms with Crippen LogP contribution in [0.1, 0.15) is 142 Å². The van der Waals surface area contributed by atoms with Crippen molar-refractivity contribution in [3.8, 4) is 0 Å². The van der Waals surface area contributed by atoms with Crippen molar-refractivity contribution in [1.29, 1.82) is 0 Å². The molecule has 3 heteroatoms. The fourth-order valence-electron chi connectivity index (χ4n) is 3.52. The molecule has 2 nitrogen and oxygen atoms in total. The van der Waals surface area contributed by atoms with Crippen molar-refractivity contribution in [3.63, 3.8) is 0 Å². The van der Waals surface area contributed by atoms with E-state index in [9.17, 15) is 5.11 Å². The van der Waals surface area contributed by atoms with Gasteiger partial charge in [0.2, 0.25) is 0 Å². The minimum absolute atomic E-state index is 0. The normalized spacial score (nSPS) is 12.1. The van der Waals surface area contributed by atoms with Crippen LogP contribution in [0.3, 0.4) is 0 Å². The third kappa shape index (κ3) is 26.9. The third-order valence-electron chi connectivity index (χ3n) is 5.36. The third-order valence-corrected chi connectivity index (χ3v) is 5.36. The summed E-state index contributed by atoms with van der Waals surface area (Å²) < 4.78 is 5.54. The maximum atomic E-state index is 9.87. The van der Waals surface area contributed by atoms with Crippen LogP contribution in [-0.2, 0) is 4.74 Å². The SMILES string of the molecule is CCCCCCCCCCCCOC(O)CCCCCCCCCCC.[NaH]. The van der Waals surface area contributed by atoms with Crippen LogP contribution in [0.4, 0.5) is 0 Å². The molecule has 0 heterocycles. The first-order valence-electron chi connectivity index (χ1n) is 12.1. The molecule has 0 aliphatic rings. The number of aliphatic hydroxyl groups is 1. The molecule has 0 aromatic rings. The van der Waals surface area contributed by atoms with Gasteiger partial charge < -0.3 is 9.84 Å². The molecule has 0 saturated carbocycles. The fourth-order valence-corrected chi connectivity index (χ4v) is 3.52. The molecule has 0 radical (unpaired) electrons. The van der Waals surface area contributed by atoms with E-state index in [1.807, 2.05) is 0 Å². The molecule has 0 aromatic carbocycles. The summed E-state index contributed by atoms with van der Waals surface area (Å²) in [5.41, 5.74) is 0. The van der Waals surface area contributed by atoms with Crippen LogP contribution >= 0.6 is 0 Å². The van der Waals surface area contributed by atoms with E-state index in [4.69, 9.17) is 4.74 Å². The van der Waals surface area contributed by atoms with Crippen molar-refractivity contribution >= 4 is 29.6 Å². The molecule has 0 amide bonds. The molecule has 0 saturated heterocycles. The summed E-state index contributed by atoms with van der Waals surface area (Å²) in [5.74, 6) is 0. The number of hydrogen-bond donors (Lipinski definition) is 1. The number of rotatable bonds is 22. The molecule has 0 bridgehead atoms. The Balaban J connectivity index is 0. The Kier molecular flexibility index (Phi) is 30.0. The Morgan fingerprint density at radius 2 is 0.852 bits per heavy atom. The van der Waals surface area contributed by atoms with Gasteiger partial charge in [0.25, 0.3) is 0 Å². The standard InChI is InChI=1S/C24H50O2.Na.H/c1-3-5-7-9-11-13-15-17-19-21-23-26-24(25)22-20-18-16-14-12-10-8-6-4-2;;/h24-25H,3-23H2,1-2H3;;. The van der Waals surface area contributed by atoms with Crippen LogP contribution in [0.5, 0.6) is 0 Å². The Morgan fingerprint density at radius 3 is 1.26 bits per heavy atom. The van der Waals surface area contributed by atoms with Gasteiger partial charge in [0.1, 0.15) is 0 Å². The van der Waals surface area contributed by atoms with E-state index < -0.39 is 6.29 Å². The Morgan fingerprint density at radius 1 is 0.519 bits per heavy atom. The van der Waals surface area contributed by atoms with Crippen LogP contribution in [0.25, 0.3) is 0 Å². The molecule has 0 aromatic heterocycles. The summed E-state index contributed by atoms with van der Waals surface area (Å²) in [5, 5.41) is 9.87. The fraction of sp³-hybridized carbons (Fsp3) is 1.00. The molecule has 1 atom stereocenters. The molecule has 0 fully saturated rings. The van der Waals surface area contributed by atoms with Gasteiger partial charge in [0.15, 0.2) is 6.29 Å². The van der Waals surface area contributed by atoms with Gasteiger partial charge >= 0.3 is 29.6 Å². The molecule has 1 N–H and O–H groups in total. The van der Waals surface area contributed by atoms with Crippen LogP contribution in [0, 0.1) is 0 Å². The van der Waals surface area contributed by atoms with Crippen LogP contribution < -0.4 is 0 Å². The van der Waals surface area contributed by atoms with E-state index in [2.05, 4.69) is 13.8 Å². The van der Waals surface area contributed by atoms with Crippen LogP contribution in [-0.4, -0.2) is 47.6 Å². The Hall–Kier alpha value is 0.920. The Labute approximate surface area is 193 Å². The molecule has 0 spiro atoms. The zero-order chi connectivity index (χ0) is 19.1. The van der Waals surface area contributed by atoms with Crippen molar-refractivity contribution in [1.82, 2.24) is 0 Å². The zero-order valence-corrected chi connectivity index (χ0v) is 18.3. The summed E-state index contributed by atoms with van der Waals surface area (Å²) in [6.45, 7) is 5.27. The summed E-state index contributed by atoms with van der Waals surface area (Å²) >= 11 is 0. The average molecular weight is 395 g/mol. The number of unbranched alkanes of at least 4 members (excludes halogenated alkanes) is 17. The van der Waals surface area contributed by atoms with E-state index in [0.717, 1.165) is 25.9 Å². The van der Waals surface area contributed by atoms with E-state index in [0.29, 0.717) is 0 Å². The van der Waals surface area contributed by atoms with E-state index in [1.54, 1.807) is 0 Å². The maximum absolute atomic E-state index is 9.87. The van der Waals surface area contributed by atoms with Gasteiger partial charge in [-0.3, -0.25) is 0 Å². The average Bonchev–Trinajstić information content (AvgIpc) is 2.64. The monoisotopic (exact) mass is 394 g/mol. The van der Waals surface area contributed by atoms with Crippen LogP contribution in [0.2, 0.25) is 0 Å². The van der Waals surface area contributed by atoms with Crippen LogP contribution in [0.15, 0.2) is 0 Å². The molecule has 1 unspecified atom stereocenters. The predicted molar refractivity (Wildman–Crippen MR) is 123 cm³/mol. The summed E-state index contributed by atoms with van der Waals surface area (Å²) in [6.07, 6.45) is 25.6. The number of hydrogen-bond acceptors (Lipinski definition) is 2. The van der Waals surface area contributed by atoms with E-state index >= 15 is 0 Å². The van der Waals surface area contributed by atoms with E-state index in [-0.39, 0.29) is 29.6 Å². The number of aliphatic hydroxyl groups excluding tert-OH is 1. The van der Waals surface area contributed by atoms with Crippen molar-refractivity contribution in [2.45, 2.75) is 149 Å². The first-order chi connectivity index (χ1) is 12.8. The number of ether oxygens (including phenoxy) is 1. The molecular weight excluding hydrogens is 343 g/mol. The van der Waals surface area contributed by atoms with Crippen molar-refractivity contribution < 1.29 is 9.84 Å².